The van der Waals surface area contributed by atoms with Gasteiger partial charge in [0, 0.05) is 15.8 Å². The van der Waals surface area contributed by atoms with Crippen molar-refractivity contribution in [3.05, 3.63) is 21.9 Å². The highest BCUT2D eigenvalue weighted by Gasteiger charge is 2.24. The summed E-state index contributed by atoms with van der Waals surface area (Å²) in [6.45, 7) is 11.6. The van der Waals surface area contributed by atoms with Gasteiger partial charge >= 0.3 is 0 Å². The van der Waals surface area contributed by atoms with Gasteiger partial charge in [-0.15, -0.1) is 11.3 Å². The first-order valence-electron chi connectivity index (χ1n) is 6.64. The Morgan fingerprint density at radius 3 is 2.35 bits per heavy atom. The van der Waals surface area contributed by atoms with Crippen LogP contribution in [0.2, 0.25) is 0 Å². The van der Waals surface area contributed by atoms with Gasteiger partial charge in [0.1, 0.15) is 0 Å². The van der Waals surface area contributed by atoms with Gasteiger partial charge in [0.05, 0.1) is 0 Å². The zero-order valence-corrected chi connectivity index (χ0v) is 12.9. The second-order valence-electron chi connectivity index (χ2n) is 6.00. The number of aryl methyl sites for hydroxylation is 1. The number of hydrogen-bond acceptors (Lipinski definition) is 2. The molecule has 2 heteroatoms. The van der Waals surface area contributed by atoms with Crippen molar-refractivity contribution < 1.29 is 0 Å². The zero-order chi connectivity index (χ0) is 13.1. The molecule has 0 saturated carbocycles. The Labute approximate surface area is 111 Å². The molecule has 1 nitrogen and oxygen atoms in total. The molecule has 0 radical (unpaired) electrons. The molecule has 0 saturated heterocycles. The van der Waals surface area contributed by atoms with Crippen molar-refractivity contribution in [2.24, 2.45) is 11.3 Å². The normalized spacial score (nSPS) is 15.9. The van der Waals surface area contributed by atoms with Gasteiger partial charge in [-0.2, -0.15) is 0 Å². The van der Waals surface area contributed by atoms with Crippen LogP contribution in [-0.2, 0) is 6.42 Å². The number of nitrogens with one attached hydrogen (secondary N) is 1. The molecular weight excluding hydrogens is 226 g/mol. The van der Waals surface area contributed by atoms with E-state index in [0.717, 1.165) is 6.42 Å². The summed E-state index contributed by atoms with van der Waals surface area (Å²) in [5.41, 5.74) is 0.389. The van der Waals surface area contributed by atoms with E-state index in [0.29, 0.717) is 17.4 Å². The zero-order valence-electron chi connectivity index (χ0n) is 12.1. The Hall–Kier alpha value is -0.340. The maximum atomic E-state index is 3.47. The molecular formula is C15H27NS. The molecule has 1 heterocycles. The highest BCUT2D eigenvalue weighted by Crippen LogP contribution is 2.35. The molecule has 0 aliphatic heterocycles. The van der Waals surface area contributed by atoms with Gasteiger partial charge in [0.15, 0.2) is 0 Å². The quantitative estimate of drug-likeness (QED) is 0.806. The van der Waals surface area contributed by atoms with E-state index in [1.807, 2.05) is 11.3 Å². The summed E-state index contributed by atoms with van der Waals surface area (Å²) in [4.78, 5) is 2.98. The highest BCUT2D eigenvalue weighted by molar-refractivity contribution is 7.12. The van der Waals surface area contributed by atoms with E-state index in [2.05, 4.69) is 59.1 Å². The Balaban J connectivity index is 2.72. The predicted octanol–water partition coefficient (Wildman–Crippen LogP) is 4.64. The number of thiophene rings is 1. The Bertz CT molecular complexity index is 335. The molecule has 0 spiro atoms. The molecule has 0 amide bonds. The van der Waals surface area contributed by atoms with Crippen LogP contribution >= 0.6 is 11.3 Å². The fourth-order valence-electron chi connectivity index (χ4n) is 1.86. The topological polar surface area (TPSA) is 12.0 Å². The van der Waals surface area contributed by atoms with E-state index in [1.165, 1.54) is 16.2 Å². The molecule has 1 aromatic heterocycles. The Morgan fingerprint density at radius 2 is 1.94 bits per heavy atom. The standard InChI is InChI=1S/C15H27NS/c1-7-12-8-9-14(17-12)13(16-6)10-11(2)15(3,4)5/h8-9,11,13,16H,7,10H2,1-6H3. The first kappa shape index (κ1) is 14.7. The lowest BCUT2D eigenvalue weighted by molar-refractivity contribution is 0.227. The van der Waals surface area contributed by atoms with Gasteiger partial charge in [-0.1, -0.05) is 34.6 Å². The van der Waals surface area contributed by atoms with Crippen molar-refractivity contribution in [1.29, 1.82) is 0 Å². The van der Waals surface area contributed by atoms with Gasteiger partial charge in [0.2, 0.25) is 0 Å². The molecule has 0 aliphatic rings. The molecule has 1 N–H and O–H groups in total. The van der Waals surface area contributed by atoms with Crippen molar-refractivity contribution in [2.45, 2.75) is 53.5 Å². The summed E-state index contributed by atoms with van der Waals surface area (Å²) in [5, 5.41) is 3.47. The first-order chi connectivity index (χ1) is 7.88. The first-order valence-corrected chi connectivity index (χ1v) is 7.46. The highest BCUT2D eigenvalue weighted by atomic mass is 32.1. The minimum Gasteiger partial charge on any atom is -0.312 e. The summed E-state index contributed by atoms with van der Waals surface area (Å²) < 4.78 is 0. The lowest BCUT2D eigenvalue weighted by Gasteiger charge is -2.30. The monoisotopic (exact) mass is 253 g/mol. The molecule has 0 bridgehead atoms. The number of hydrogen-bond donors (Lipinski definition) is 1. The van der Waals surface area contributed by atoms with Crippen LogP contribution in [0.4, 0.5) is 0 Å². The largest absolute Gasteiger partial charge is 0.312 e. The lowest BCUT2D eigenvalue weighted by atomic mass is 9.78. The van der Waals surface area contributed by atoms with Gasteiger partial charge in [-0.05, 0) is 43.4 Å². The minimum absolute atomic E-state index is 0.389. The van der Waals surface area contributed by atoms with Gasteiger partial charge < -0.3 is 5.32 Å². The van der Waals surface area contributed by atoms with Crippen LogP contribution < -0.4 is 5.32 Å². The van der Waals surface area contributed by atoms with Crippen LogP contribution in [0.1, 0.15) is 56.8 Å². The average Bonchev–Trinajstić information content (AvgIpc) is 2.72. The van der Waals surface area contributed by atoms with Crippen molar-refractivity contribution in [1.82, 2.24) is 5.32 Å². The molecule has 1 rings (SSSR count). The maximum absolute atomic E-state index is 3.47. The van der Waals surface area contributed by atoms with E-state index in [9.17, 15) is 0 Å². The maximum Gasteiger partial charge on any atom is 0.0415 e. The molecule has 2 unspecified atom stereocenters. The van der Waals surface area contributed by atoms with Crippen LogP contribution in [0.5, 0.6) is 0 Å². The Kier molecular flexibility index (Phi) is 5.21. The van der Waals surface area contributed by atoms with Crippen molar-refractivity contribution in [3.8, 4) is 0 Å². The molecule has 17 heavy (non-hydrogen) atoms. The van der Waals surface area contributed by atoms with Crippen LogP contribution in [0.3, 0.4) is 0 Å². The smallest absolute Gasteiger partial charge is 0.0415 e. The van der Waals surface area contributed by atoms with Gasteiger partial charge in [0.25, 0.3) is 0 Å². The van der Waals surface area contributed by atoms with Crippen LogP contribution in [0.25, 0.3) is 0 Å². The molecule has 0 fully saturated rings. The van der Waals surface area contributed by atoms with Crippen molar-refractivity contribution >= 4 is 11.3 Å². The third-order valence-corrected chi connectivity index (χ3v) is 5.13. The summed E-state index contributed by atoms with van der Waals surface area (Å²) in [5.74, 6) is 0.715. The molecule has 1 aromatic rings. The van der Waals surface area contributed by atoms with Crippen LogP contribution in [0.15, 0.2) is 12.1 Å². The van der Waals surface area contributed by atoms with Gasteiger partial charge in [-0.25, -0.2) is 0 Å². The fourth-order valence-corrected chi connectivity index (χ4v) is 2.93. The lowest BCUT2D eigenvalue weighted by Crippen LogP contribution is -2.24. The van der Waals surface area contributed by atoms with E-state index < -0.39 is 0 Å². The molecule has 0 aliphatic carbocycles. The minimum atomic E-state index is 0.389. The fraction of sp³-hybridized carbons (Fsp3) is 0.733. The van der Waals surface area contributed by atoms with Crippen LogP contribution in [0, 0.1) is 11.3 Å². The molecule has 0 aromatic carbocycles. The van der Waals surface area contributed by atoms with E-state index >= 15 is 0 Å². The number of rotatable bonds is 5. The predicted molar refractivity (Wildman–Crippen MR) is 78.7 cm³/mol. The molecule has 2 atom stereocenters. The summed E-state index contributed by atoms with van der Waals surface area (Å²) in [7, 11) is 2.07. The molecule has 98 valence electrons. The second kappa shape index (κ2) is 6.01. The van der Waals surface area contributed by atoms with E-state index in [4.69, 9.17) is 0 Å². The van der Waals surface area contributed by atoms with Crippen molar-refractivity contribution in [3.63, 3.8) is 0 Å². The third-order valence-electron chi connectivity index (χ3n) is 3.79. The average molecular weight is 253 g/mol. The third kappa shape index (κ3) is 4.11. The Morgan fingerprint density at radius 1 is 1.29 bits per heavy atom. The van der Waals surface area contributed by atoms with E-state index in [1.54, 1.807) is 0 Å². The van der Waals surface area contributed by atoms with Crippen LogP contribution in [-0.4, -0.2) is 7.05 Å². The SMILES string of the molecule is CCc1ccc(C(CC(C)C(C)(C)C)NC)s1. The summed E-state index contributed by atoms with van der Waals surface area (Å²) >= 11 is 1.96. The van der Waals surface area contributed by atoms with Crippen molar-refractivity contribution in [2.75, 3.05) is 7.05 Å². The van der Waals surface area contributed by atoms with Gasteiger partial charge in [-0.3, -0.25) is 0 Å². The second-order valence-corrected chi connectivity index (χ2v) is 7.20. The summed E-state index contributed by atoms with van der Waals surface area (Å²) in [6, 6.07) is 5.07. The van der Waals surface area contributed by atoms with E-state index in [-0.39, 0.29) is 0 Å². The summed E-state index contributed by atoms with van der Waals surface area (Å²) in [6.07, 6.45) is 2.36.